The molecule has 0 aromatic rings. The van der Waals surface area contributed by atoms with E-state index in [9.17, 15) is 4.79 Å². The molecule has 1 aliphatic heterocycles. The zero-order valence-electron chi connectivity index (χ0n) is 9.24. The predicted octanol–water partition coefficient (Wildman–Crippen LogP) is -0.0992. The van der Waals surface area contributed by atoms with E-state index in [1.54, 1.807) is 6.92 Å². The van der Waals surface area contributed by atoms with E-state index in [4.69, 9.17) is 15.6 Å². The molecule has 1 aliphatic rings. The van der Waals surface area contributed by atoms with Crippen molar-refractivity contribution in [3.63, 3.8) is 0 Å². The van der Waals surface area contributed by atoms with Crippen LogP contribution >= 0.6 is 0 Å². The summed E-state index contributed by atoms with van der Waals surface area (Å²) in [6.07, 6.45) is 1.33. The summed E-state index contributed by atoms with van der Waals surface area (Å²) in [4.78, 5) is 13.0. The van der Waals surface area contributed by atoms with E-state index < -0.39 is 11.5 Å². The maximum Gasteiger partial charge on any atom is 0.323 e. The van der Waals surface area contributed by atoms with Gasteiger partial charge in [-0.15, -0.1) is 0 Å². The topological polar surface area (TPSA) is 75.8 Å². The number of hydrogen-bond acceptors (Lipinski definition) is 4. The molecule has 0 saturated carbocycles. The van der Waals surface area contributed by atoms with Gasteiger partial charge in [-0.3, -0.25) is 9.69 Å². The third kappa shape index (κ3) is 4.15. The van der Waals surface area contributed by atoms with Crippen molar-refractivity contribution >= 4 is 5.97 Å². The van der Waals surface area contributed by atoms with Gasteiger partial charge in [0.25, 0.3) is 0 Å². The molecule has 1 saturated heterocycles. The van der Waals surface area contributed by atoms with Crippen LogP contribution in [0.25, 0.3) is 0 Å². The lowest BCUT2D eigenvalue weighted by Crippen LogP contribution is -2.45. The van der Waals surface area contributed by atoms with Crippen LogP contribution in [0.3, 0.4) is 0 Å². The van der Waals surface area contributed by atoms with Crippen LogP contribution in [0.5, 0.6) is 0 Å². The second-order valence-corrected chi connectivity index (χ2v) is 4.28. The quantitative estimate of drug-likeness (QED) is 0.671. The second kappa shape index (κ2) is 5.44. The summed E-state index contributed by atoms with van der Waals surface area (Å²) in [6, 6.07) is 0. The highest BCUT2D eigenvalue weighted by Crippen LogP contribution is 2.10. The number of carboxylic acids is 1. The van der Waals surface area contributed by atoms with Gasteiger partial charge in [-0.1, -0.05) is 0 Å². The van der Waals surface area contributed by atoms with Crippen LogP contribution in [0, 0.1) is 0 Å². The van der Waals surface area contributed by atoms with Gasteiger partial charge in [0.15, 0.2) is 0 Å². The molecule has 0 aliphatic carbocycles. The third-order valence-corrected chi connectivity index (χ3v) is 2.76. The number of morpholine rings is 1. The van der Waals surface area contributed by atoms with Crippen LogP contribution in [0.15, 0.2) is 0 Å². The number of nitrogens with two attached hydrogens (primary N) is 1. The largest absolute Gasteiger partial charge is 0.480 e. The van der Waals surface area contributed by atoms with Gasteiger partial charge in [-0.2, -0.15) is 0 Å². The van der Waals surface area contributed by atoms with Crippen LogP contribution in [-0.2, 0) is 9.53 Å². The predicted molar refractivity (Wildman–Crippen MR) is 56.7 cm³/mol. The molecule has 3 N–H and O–H groups in total. The minimum absolute atomic E-state index is 0.514. The van der Waals surface area contributed by atoms with Gasteiger partial charge in [0.05, 0.1) is 13.2 Å². The zero-order valence-corrected chi connectivity index (χ0v) is 9.24. The SMILES string of the molecule is CC(N)(CCCN1CCOCC1)C(=O)O. The van der Waals surface area contributed by atoms with Crippen LogP contribution in [0.2, 0.25) is 0 Å². The lowest BCUT2D eigenvalue weighted by atomic mass is 9.97. The minimum atomic E-state index is -1.09. The van der Waals surface area contributed by atoms with Gasteiger partial charge in [-0.05, 0) is 26.3 Å². The average molecular weight is 216 g/mol. The van der Waals surface area contributed by atoms with Crippen molar-refractivity contribution in [1.29, 1.82) is 0 Å². The maximum atomic E-state index is 10.7. The number of nitrogens with zero attached hydrogens (tertiary/aromatic N) is 1. The van der Waals surface area contributed by atoms with E-state index >= 15 is 0 Å². The minimum Gasteiger partial charge on any atom is -0.480 e. The molecule has 1 heterocycles. The molecular formula is C10H20N2O3. The summed E-state index contributed by atoms with van der Waals surface area (Å²) in [5, 5.41) is 8.82. The van der Waals surface area contributed by atoms with E-state index in [0.29, 0.717) is 6.42 Å². The van der Waals surface area contributed by atoms with Crippen molar-refractivity contribution in [3.8, 4) is 0 Å². The summed E-state index contributed by atoms with van der Waals surface area (Å²) < 4.78 is 5.22. The van der Waals surface area contributed by atoms with E-state index in [1.165, 1.54) is 0 Å². The maximum absolute atomic E-state index is 10.7. The number of ether oxygens (including phenoxy) is 1. The Kier molecular flexibility index (Phi) is 4.50. The van der Waals surface area contributed by atoms with Crippen molar-refractivity contribution in [3.05, 3.63) is 0 Å². The Morgan fingerprint density at radius 2 is 2.13 bits per heavy atom. The highest BCUT2D eigenvalue weighted by Gasteiger charge is 2.27. The standard InChI is InChI=1S/C10H20N2O3/c1-10(11,9(13)14)3-2-4-12-5-7-15-8-6-12/h2-8,11H2,1H3,(H,13,14). The molecule has 15 heavy (non-hydrogen) atoms. The normalized spacial score (nSPS) is 22.3. The molecule has 0 radical (unpaired) electrons. The summed E-state index contributed by atoms with van der Waals surface area (Å²) in [5.74, 6) is -0.926. The molecule has 0 spiro atoms. The lowest BCUT2D eigenvalue weighted by molar-refractivity contribution is -0.143. The molecule has 1 unspecified atom stereocenters. The molecule has 0 aromatic heterocycles. The Balaban J connectivity index is 2.17. The smallest absolute Gasteiger partial charge is 0.323 e. The summed E-state index contributed by atoms with van der Waals surface area (Å²) >= 11 is 0. The van der Waals surface area contributed by atoms with Crippen molar-refractivity contribution in [1.82, 2.24) is 4.90 Å². The van der Waals surface area contributed by atoms with Crippen molar-refractivity contribution in [2.45, 2.75) is 25.3 Å². The van der Waals surface area contributed by atoms with Crippen LogP contribution in [0.4, 0.5) is 0 Å². The summed E-state index contributed by atoms with van der Waals surface area (Å²) in [6.45, 7) is 5.90. The fourth-order valence-corrected chi connectivity index (χ4v) is 1.60. The molecule has 1 atom stereocenters. The number of aliphatic carboxylic acids is 1. The first-order valence-corrected chi connectivity index (χ1v) is 5.35. The Labute approximate surface area is 90.2 Å². The van der Waals surface area contributed by atoms with Gasteiger partial charge in [-0.25, -0.2) is 0 Å². The van der Waals surface area contributed by atoms with E-state index in [0.717, 1.165) is 39.3 Å². The first-order valence-electron chi connectivity index (χ1n) is 5.35. The van der Waals surface area contributed by atoms with Gasteiger partial charge in [0.1, 0.15) is 5.54 Å². The monoisotopic (exact) mass is 216 g/mol. The second-order valence-electron chi connectivity index (χ2n) is 4.28. The average Bonchev–Trinajstić information content (AvgIpc) is 2.19. The first kappa shape index (κ1) is 12.4. The zero-order chi connectivity index (χ0) is 11.3. The molecule has 0 aromatic carbocycles. The van der Waals surface area contributed by atoms with Crippen LogP contribution < -0.4 is 5.73 Å². The third-order valence-electron chi connectivity index (χ3n) is 2.76. The molecular weight excluding hydrogens is 196 g/mol. The highest BCUT2D eigenvalue weighted by atomic mass is 16.5. The lowest BCUT2D eigenvalue weighted by Gasteiger charge is -2.27. The Bertz CT molecular complexity index is 213. The van der Waals surface area contributed by atoms with Crippen LogP contribution in [0.1, 0.15) is 19.8 Å². The fraction of sp³-hybridized carbons (Fsp3) is 0.900. The molecule has 88 valence electrons. The highest BCUT2D eigenvalue weighted by molar-refractivity contribution is 5.77. The molecule has 1 rings (SSSR count). The molecule has 5 nitrogen and oxygen atoms in total. The van der Waals surface area contributed by atoms with E-state index in [-0.39, 0.29) is 0 Å². The van der Waals surface area contributed by atoms with Crippen molar-refractivity contribution in [2.75, 3.05) is 32.8 Å². The molecule has 0 amide bonds. The number of hydrogen-bond donors (Lipinski definition) is 2. The van der Waals surface area contributed by atoms with E-state index in [1.807, 2.05) is 0 Å². The Morgan fingerprint density at radius 1 is 1.53 bits per heavy atom. The number of carboxylic acid groups (broad SMARTS) is 1. The first-order chi connectivity index (χ1) is 7.02. The van der Waals surface area contributed by atoms with Gasteiger partial charge in [0.2, 0.25) is 0 Å². The number of rotatable bonds is 5. The number of carbonyl (C=O) groups is 1. The van der Waals surface area contributed by atoms with Gasteiger partial charge >= 0.3 is 5.97 Å². The van der Waals surface area contributed by atoms with E-state index in [2.05, 4.69) is 4.90 Å². The van der Waals surface area contributed by atoms with Gasteiger partial charge < -0.3 is 15.6 Å². The van der Waals surface area contributed by atoms with Crippen molar-refractivity contribution in [2.24, 2.45) is 5.73 Å². The van der Waals surface area contributed by atoms with Gasteiger partial charge in [0, 0.05) is 13.1 Å². The molecule has 1 fully saturated rings. The molecule has 5 heteroatoms. The van der Waals surface area contributed by atoms with Crippen LogP contribution in [-0.4, -0.2) is 54.4 Å². The fourth-order valence-electron chi connectivity index (χ4n) is 1.60. The Morgan fingerprint density at radius 3 is 2.67 bits per heavy atom. The molecule has 0 bridgehead atoms. The Hall–Kier alpha value is -0.650. The summed E-state index contributed by atoms with van der Waals surface area (Å²) in [7, 11) is 0. The summed E-state index contributed by atoms with van der Waals surface area (Å²) in [5.41, 5.74) is 4.54. The van der Waals surface area contributed by atoms with Crippen molar-refractivity contribution < 1.29 is 14.6 Å².